The molecule has 0 aliphatic carbocycles. The molecule has 0 radical (unpaired) electrons. The molecule has 114 valence electrons. The highest BCUT2D eigenvalue weighted by Gasteiger charge is 2.34. The molecule has 21 heavy (non-hydrogen) atoms. The van der Waals surface area contributed by atoms with E-state index in [2.05, 4.69) is 5.32 Å². The highest BCUT2D eigenvalue weighted by Crippen LogP contribution is 2.19. The second kappa shape index (κ2) is 6.92. The second-order valence-electron chi connectivity index (χ2n) is 4.79. The monoisotopic (exact) mass is 294 g/mol. The Morgan fingerprint density at radius 3 is 2.95 bits per heavy atom. The summed E-state index contributed by atoms with van der Waals surface area (Å²) in [5.41, 5.74) is 0.413. The minimum absolute atomic E-state index is 0.150. The van der Waals surface area contributed by atoms with Gasteiger partial charge in [0, 0.05) is 19.5 Å². The highest BCUT2D eigenvalue weighted by atomic mass is 16.5. The lowest BCUT2D eigenvalue weighted by Crippen LogP contribution is -2.42. The molecule has 0 spiro atoms. The van der Waals surface area contributed by atoms with E-state index in [-0.39, 0.29) is 30.7 Å². The number of nitrogens with one attached hydrogen (secondary N) is 1. The number of hydrogen-bond acceptors (Lipinski definition) is 5. The topological polar surface area (TPSA) is 88.9 Å². The summed E-state index contributed by atoms with van der Waals surface area (Å²) < 4.78 is 9.50. The van der Waals surface area contributed by atoms with E-state index in [9.17, 15) is 14.4 Å². The summed E-state index contributed by atoms with van der Waals surface area (Å²) in [6, 6.07) is 1.05. The Bertz CT molecular complexity index is 511. The lowest BCUT2D eigenvalue weighted by Gasteiger charge is -2.22. The van der Waals surface area contributed by atoms with Crippen molar-refractivity contribution in [3.05, 3.63) is 24.2 Å². The SMILES string of the molecule is COC(=O)C1CCCN1C(=O)CCNC(=O)c1ccoc1. The highest BCUT2D eigenvalue weighted by molar-refractivity contribution is 5.94. The van der Waals surface area contributed by atoms with Crippen LogP contribution in [-0.4, -0.2) is 48.9 Å². The molecule has 1 atom stereocenters. The van der Waals surface area contributed by atoms with Crippen LogP contribution in [0.3, 0.4) is 0 Å². The maximum Gasteiger partial charge on any atom is 0.328 e. The van der Waals surface area contributed by atoms with Crippen LogP contribution < -0.4 is 5.32 Å². The summed E-state index contributed by atoms with van der Waals surface area (Å²) in [6.45, 7) is 0.765. The molecule has 1 N–H and O–H groups in total. The Morgan fingerprint density at radius 1 is 1.48 bits per heavy atom. The molecule has 1 aromatic rings. The first-order valence-electron chi connectivity index (χ1n) is 6.81. The zero-order valence-electron chi connectivity index (χ0n) is 11.8. The van der Waals surface area contributed by atoms with E-state index in [1.165, 1.54) is 24.5 Å². The van der Waals surface area contributed by atoms with Crippen molar-refractivity contribution in [2.45, 2.75) is 25.3 Å². The van der Waals surface area contributed by atoms with Gasteiger partial charge in [0.05, 0.1) is 18.9 Å². The van der Waals surface area contributed by atoms with Gasteiger partial charge in [-0.25, -0.2) is 4.79 Å². The first kappa shape index (κ1) is 15.1. The number of furan rings is 1. The van der Waals surface area contributed by atoms with E-state index in [1.54, 1.807) is 6.07 Å². The number of esters is 1. The molecule has 0 aromatic carbocycles. The van der Waals surface area contributed by atoms with Crippen LogP contribution in [0.5, 0.6) is 0 Å². The summed E-state index contributed by atoms with van der Waals surface area (Å²) in [5.74, 6) is -0.832. The number of hydrogen-bond donors (Lipinski definition) is 1. The van der Waals surface area contributed by atoms with Crippen molar-refractivity contribution in [1.82, 2.24) is 10.2 Å². The molecule has 1 aliphatic heterocycles. The van der Waals surface area contributed by atoms with Gasteiger partial charge in [-0.1, -0.05) is 0 Å². The predicted molar refractivity (Wildman–Crippen MR) is 72.4 cm³/mol. The number of nitrogens with zero attached hydrogens (tertiary/aromatic N) is 1. The summed E-state index contributed by atoms with van der Waals surface area (Å²) in [5, 5.41) is 2.63. The number of ether oxygens (including phenoxy) is 1. The van der Waals surface area contributed by atoms with E-state index in [4.69, 9.17) is 9.15 Å². The Hall–Kier alpha value is -2.31. The fourth-order valence-corrected chi connectivity index (χ4v) is 2.37. The minimum Gasteiger partial charge on any atom is -0.472 e. The van der Waals surface area contributed by atoms with Crippen molar-refractivity contribution >= 4 is 17.8 Å². The normalized spacial score (nSPS) is 17.6. The molecule has 1 aliphatic rings. The summed E-state index contributed by atoms with van der Waals surface area (Å²) in [7, 11) is 1.31. The number of methoxy groups -OCH3 is 1. The van der Waals surface area contributed by atoms with Crippen LogP contribution in [0.15, 0.2) is 23.0 Å². The lowest BCUT2D eigenvalue weighted by molar-refractivity contribution is -0.150. The Morgan fingerprint density at radius 2 is 2.29 bits per heavy atom. The van der Waals surface area contributed by atoms with Crippen LogP contribution in [0.1, 0.15) is 29.6 Å². The van der Waals surface area contributed by atoms with Gasteiger partial charge in [0.1, 0.15) is 12.3 Å². The summed E-state index contributed by atoms with van der Waals surface area (Å²) in [4.78, 5) is 36.8. The van der Waals surface area contributed by atoms with Gasteiger partial charge >= 0.3 is 5.97 Å². The average molecular weight is 294 g/mol. The molecule has 2 amide bonds. The Kier molecular flexibility index (Phi) is 4.97. The predicted octanol–water partition coefficient (Wildman–Crippen LogP) is 0.564. The molecule has 0 saturated carbocycles. The fraction of sp³-hybridized carbons (Fsp3) is 0.500. The number of rotatable bonds is 5. The van der Waals surface area contributed by atoms with Crippen LogP contribution in [0.2, 0.25) is 0 Å². The van der Waals surface area contributed by atoms with Crippen LogP contribution >= 0.6 is 0 Å². The maximum atomic E-state index is 12.1. The van der Waals surface area contributed by atoms with Gasteiger partial charge in [0.15, 0.2) is 0 Å². The zero-order valence-corrected chi connectivity index (χ0v) is 11.8. The molecule has 1 aromatic heterocycles. The molecule has 1 unspecified atom stereocenters. The first-order chi connectivity index (χ1) is 10.1. The number of carbonyl (C=O) groups excluding carboxylic acids is 3. The van der Waals surface area contributed by atoms with Crippen molar-refractivity contribution in [3.8, 4) is 0 Å². The zero-order chi connectivity index (χ0) is 15.2. The molecular formula is C14H18N2O5. The van der Waals surface area contributed by atoms with Gasteiger partial charge in [-0.15, -0.1) is 0 Å². The van der Waals surface area contributed by atoms with Gasteiger partial charge in [0.2, 0.25) is 5.91 Å². The quantitative estimate of drug-likeness (QED) is 0.802. The molecule has 0 bridgehead atoms. The van der Waals surface area contributed by atoms with Crippen molar-refractivity contribution < 1.29 is 23.5 Å². The summed E-state index contributed by atoms with van der Waals surface area (Å²) >= 11 is 0. The molecule has 7 heteroatoms. The summed E-state index contributed by atoms with van der Waals surface area (Å²) in [6.07, 6.45) is 4.31. The molecule has 1 saturated heterocycles. The van der Waals surface area contributed by atoms with Crippen molar-refractivity contribution in [1.29, 1.82) is 0 Å². The van der Waals surface area contributed by atoms with Crippen molar-refractivity contribution in [2.75, 3.05) is 20.2 Å². The van der Waals surface area contributed by atoms with E-state index < -0.39 is 6.04 Å². The van der Waals surface area contributed by atoms with Gasteiger partial charge in [-0.05, 0) is 18.9 Å². The van der Waals surface area contributed by atoms with Crippen LogP contribution in [-0.2, 0) is 14.3 Å². The van der Waals surface area contributed by atoms with E-state index in [0.717, 1.165) is 6.42 Å². The number of likely N-dealkylation sites (tertiary alicyclic amines) is 1. The van der Waals surface area contributed by atoms with E-state index in [1.807, 2.05) is 0 Å². The van der Waals surface area contributed by atoms with Gasteiger partial charge in [-0.3, -0.25) is 9.59 Å². The third-order valence-electron chi connectivity index (χ3n) is 3.45. The third kappa shape index (κ3) is 3.62. The van der Waals surface area contributed by atoms with E-state index >= 15 is 0 Å². The van der Waals surface area contributed by atoms with Gasteiger partial charge < -0.3 is 19.4 Å². The second-order valence-corrected chi connectivity index (χ2v) is 4.79. The molecule has 2 heterocycles. The number of amides is 2. The lowest BCUT2D eigenvalue weighted by atomic mass is 10.2. The standard InChI is InChI=1S/C14H18N2O5/c1-20-14(19)11-3-2-7-16(11)12(17)4-6-15-13(18)10-5-8-21-9-10/h5,8-9,11H,2-4,6-7H2,1H3,(H,15,18). The largest absolute Gasteiger partial charge is 0.472 e. The molecular weight excluding hydrogens is 276 g/mol. The van der Waals surface area contributed by atoms with Gasteiger partial charge in [0.25, 0.3) is 5.91 Å². The molecule has 1 fully saturated rings. The van der Waals surface area contributed by atoms with E-state index in [0.29, 0.717) is 18.5 Å². The fourth-order valence-electron chi connectivity index (χ4n) is 2.37. The third-order valence-corrected chi connectivity index (χ3v) is 3.45. The van der Waals surface area contributed by atoms with Gasteiger partial charge in [-0.2, -0.15) is 0 Å². The Labute approximate surface area is 122 Å². The minimum atomic E-state index is -0.493. The smallest absolute Gasteiger partial charge is 0.328 e. The molecule has 7 nitrogen and oxygen atoms in total. The molecule has 2 rings (SSSR count). The van der Waals surface area contributed by atoms with Crippen LogP contribution in [0, 0.1) is 0 Å². The van der Waals surface area contributed by atoms with Crippen LogP contribution in [0.25, 0.3) is 0 Å². The van der Waals surface area contributed by atoms with Crippen LogP contribution in [0.4, 0.5) is 0 Å². The maximum absolute atomic E-state index is 12.1. The van der Waals surface area contributed by atoms with Crippen molar-refractivity contribution in [2.24, 2.45) is 0 Å². The first-order valence-corrected chi connectivity index (χ1v) is 6.81. The number of carbonyl (C=O) groups is 3. The Balaban J connectivity index is 1.79. The van der Waals surface area contributed by atoms with Crippen molar-refractivity contribution in [3.63, 3.8) is 0 Å². The average Bonchev–Trinajstić information content (AvgIpc) is 3.16.